The molecule has 2 N–H and O–H groups in total. The molecule has 3 aliphatic heterocycles. The average molecular weight is 428 g/mol. The Bertz CT molecular complexity index is 899. The van der Waals surface area contributed by atoms with Crippen LogP contribution in [0.1, 0.15) is 13.8 Å². The molecule has 29 heavy (non-hydrogen) atoms. The predicted octanol–water partition coefficient (Wildman–Crippen LogP) is -0.171. The number of alkyl halides is 2. The van der Waals surface area contributed by atoms with Gasteiger partial charge >= 0.3 is 18.7 Å². The smallest absolute Gasteiger partial charge is 0.353 e. The van der Waals surface area contributed by atoms with Crippen molar-refractivity contribution in [2.75, 3.05) is 0 Å². The number of amides is 2. The zero-order valence-electron chi connectivity index (χ0n) is 15.7. The summed E-state index contributed by atoms with van der Waals surface area (Å²) >= 11 is 1.43. The topological polar surface area (TPSA) is 108 Å². The van der Waals surface area contributed by atoms with Crippen LogP contribution in [0.15, 0.2) is 23.3 Å². The molecule has 4 atom stereocenters. The van der Waals surface area contributed by atoms with Crippen molar-refractivity contribution in [2.45, 2.75) is 50.7 Å². The lowest BCUT2D eigenvalue weighted by Crippen LogP contribution is -2.66. The number of hydrogen-bond donors (Lipinski definition) is 2. The molecule has 156 valence electrons. The van der Waals surface area contributed by atoms with Crippen molar-refractivity contribution >= 4 is 29.5 Å². The van der Waals surface area contributed by atoms with E-state index in [4.69, 9.17) is 0 Å². The van der Waals surface area contributed by atoms with Crippen LogP contribution in [-0.2, 0) is 27.5 Å². The van der Waals surface area contributed by atoms with E-state index in [-0.39, 0.29) is 16.9 Å². The fourth-order valence-electron chi connectivity index (χ4n) is 4.42. The Morgan fingerprint density at radius 3 is 2.79 bits per heavy atom. The number of carbonyl (C=O) groups is 3. The normalized spacial score (nSPS) is 29.0. The minimum Gasteiger partial charge on any atom is -0.477 e. The Morgan fingerprint density at radius 1 is 1.45 bits per heavy atom. The van der Waals surface area contributed by atoms with Crippen LogP contribution in [0.3, 0.4) is 0 Å². The SMILES string of the molecule is CC(NC(=O)C(F)F)[C@H]1C(=O)N2C(C(=O)O)=C(SC3Cn4cnc[n+]4C3)[C@H](C)[C@H]12. The summed E-state index contributed by atoms with van der Waals surface area (Å²) in [5.41, 5.74) is -0.0409. The minimum absolute atomic E-state index is 0.0409. The zero-order valence-corrected chi connectivity index (χ0v) is 16.5. The fraction of sp³-hybridized carbons (Fsp3) is 0.588. The summed E-state index contributed by atoms with van der Waals surface area (Å²) in [6.07, 6.45) is 0.229. The number of halogens is 2. The Kier molecular flexibility index (Phi) is 4.83. The van der Waals surface area contributed by atoms with E-state index in [9.17, 15) is 28.3 Å². The molecule has 0 aromatic carbocycles. The van der Waals surface area contributed by atoms with Crippen LogP contribution in [-0.4, -0.2) is 61.2 Å². The molecular weight excluding hydrogens is 408 g/mol. The molecule has 12 heteroatoms. The van der Waals surface area contributed by atoms with E-state index >= 15 is 0 Å². The lowest BCUT2D eigenvalue weighted by molar-refractivity contribution is -0.758. The number of carbonyl (C=O) groups excluding carboxylic acids is 2. The number of thioether (sulfide) groups is 1. The number of carboxylic acid groups (broad SMARTS) is 1. The van der Waals surface area contributed by atoms with Gasteiger partial charge in [-0.1, -0.05) is 6.92 Å². The lowest BCUT2D eigenvalue weighted by atomic mass is 9.78. The molecule has 4 heterocycles. The van der Waals surface area contributed by atoms with Crippen molar-refractivity contribution < 1.29 is 33.0 Å². The van der Waals surface area contributed by atoms with Crippen LogP contribution in [0.2, 0.25) is 0 Å². The Hall–Kier alpha value is -2.50. The Morgan fingerprint density at radius 2 is 2.17 bits per heavy atom. The molecule has 1 aromatic rings. The third-order valence-corrected chi connectivity index (χ3v) is 7.15. The second kappa shape index (κ2) is 7.08. The first-order chi connectivity index (χ1) is 13.7. The summed E-state index contributed by atoms with van der Waals surface area (Å²) in [4.78, 5) is 41.8. The molecule has 9 nitrogen and oxygen atoms in total. The minimum atomic E-state index is -3.17. The van der Waals surface area contributed by atoms with E-state index in [0.717, 1.165) is 0 Å². The van der Waals surface area contributed by atoms with Gasteiger partial charge in [0.05, 0.1) is 23.8 Å². The van der Waals surface area contributed by atoms with Crippen LogP contribution in [0.25, 0.3) is 0 Å². The van der Waals surface area contributed by atoms with E-state index in [0.29, 0.717) is 18.0 Å². The summed E-state index contributed by atoms with van der Waals surface area (Å²) < 4.78 is 29.0. The standard InChI is InChI=1S/C17H19F2N5O4S/c1-7-11-10(8(2)21-15(25)14(18)19)16(26)24(11)12(17(27)28)13(7)29-9-3-22-5-20-6-23(22)4-9/h5-11,14H,3-4H2,1-2H3,(H-,21,25,27,28)/p+1/t7-,8?,10-,11-/m1/s1. The molecule has 1 unspecified atom stereocenters. The van der Waals surface area contributed by atoms with Crippen LogP contribution in [0.4, 0.5) is 8.78 Å². The van der Waals surface area contributed by atoms with E-state index in [2.05, 4.69) is 10.3 Å². The van der Waals surface area contributed by atoms with Crippen molar-refractivity contribution in [1.29, 1.82) is 0 Å². The van der Waals surface area contributed by atoms with Gasteiger partial charge in [-0.3, -0.25) is 9.59 Å². The van der Waals surface area contributed by atoms with Gasteiger partial charge in [-0.15, -0.1) is 11.8 Å². The van der Waals surface area contributed by atoms with E-state index < -0.39 is 42.2 Å². The number of aliphatic carboxylic acids is 1. The van der Waals surface area contributed by atoms with Crippen LogP contribution >= 0.6 is 11.8 Å². The van der Waals surface area contributed by atoms with Gasteiger partial charge in [0.15, 0.2) is 0 Å². The van der Waals surface area contributed by atoms with E-state index in [1.54, 1.807) is 12.7 Å². The number of nitrogens with zero attached hydrogens (tertiary/aromatic N) is 4. The fourth-order valence-corrected chi connectivity index (χ4v) is 5.89. The quantitative estimate of drug-likeness (QED) is 0.481. The maximum atomic E-state index is 12.7. The van der Waals surface area contributed by atoms with Gasteiger partial charge < -0.3 is 15.3 Å². The molecule has 1 aromatic heterocycles. The largest absolute Gasteiger partial charge is 0.477 e. The number of aromatic nitrogens is 3. The van der Waals surface area contributed by atoms with E-state index in [1.165, 1.54) is 23.6 Å². The lowest BCUT2D eigenvalue weighted by Gasteiger charge is -2.47. The molecule has 2 amide bonds. The molecule has 0 radical (unpaired) electrons. The average Bonchev–Trinajstić information content (AvgIpc) is 3.28. The maximum absolute atomic E-state index is 12.7. The predicted molar refractivity (Wildman–Crippen MR) is 95.4 cm³/mol. The third kappa shape index (κ3) is 3.09. The number of carboxylic acids is 1. The summed E-state index contributed by atoms with van der Waals surface area (Å²) in [7, 11) is 0. The molecule has 0 aliphatic carbocycles. The highest BCUT2D eigenvalue weighted by Crippen LogP contribution is 2.51. The molecule has 0 saturated carbocycles. The third-order valence-electron chi connectivity index (χ3n) is 5.70. The summed E-state index contributed by atoms with van der Waals surface area (Å²) in [6, 6.07) is -1.29. The molecule has 0 bridgehead atoms. The molecular formula is C17H20F2N5O4S+. The van der Waals surface area contributed by atoms with Crippen LogP contribution in [0, 0.1) is 11.8 Å². The van der Waals surface area contributed by atoms with Crippen LogP contribution in [0.5, 0.6) is 0 Å². The molecule has 0 spiro atoms. The molecule has 4 rings (SSSR count). The van der Waals surface area contributed by atoms with Gasteiger partial charge in [0.2, 0.25) is 12.2 Å². The number of nitrogens with one attached hydrogen (secondary N) is 1. The van der Waals surface area contributed by atoms with Crippen LogP contribution < -0.4 is 10.00 Å². The first-order valence-corrected chi connectivity index (χ1v) is 10.0. The van der Waals surface area contributed by atoms with Crippen molar-refractivity contribution in [2.24, 2.45) is 11.8 Å². The van der Waals surface area contributed by atoms with Gasteiger partial charge in [0.25, 0.3) is 5.91 Å². The molecule has 1 fully saturated rings. The summed E-state index contributed by atoms with van der Waals surface area (Å²) in [5.74, 6) is -4.11. The highest BCUT2D eigenvalue weighted by molar-refractivity contribution is 8.03. The Balaban J connectivity index is 1.53. The first kappa shape index (κ1) is 19.8. The Labute approximate surface area is 168 Å². The van der Waals surface area contributed by atoms with Crippen molar-refractivity contribution in [3.63, 3.8) is 0 Å². The van der Waals surface area contributed by atoms with E-state index in [1.807, 2.05) is 16.3 Å². The second-order valence-electron chi connectivity index (χ2n) is 7.49. The molecule has 1 saturated heterocycles. The van der Waals surface area contributed by atoms with Gasteiger partial charge in [0.1, 0.15) is 12.2 Å². The van der Waals surface area contributed by atoms with Crippen molar-refractivity contribution in [3.8, 4) is 0 Å². The molecule has 3 aliphatic rings. The van der Waals surface area contributed by atoms with Gasteiger partial charge in [-0.2, -0.15) is 18.1 Å². The van der Waals surface area contributed by atoms with Crippen molar-refractivity contribution in [3.05, 3.63) is 23.3 Å². The maximum Gasteiger partial charge on any atom is 0.353 e. The number of rotatable bonds is 6. The van der Waals surface area contributed by atoms with Gasteiger partial charge in [0, 0.05) is 16.9 Å². The highest BCUT2D eigenvalue weighted by Gasteiger charge is 2.60. The number of fused-ring (bicyclic) bond motifs is 2. The summed E-state index contributed by atoms with van der Waals surface area (Å²) in [6.45, 7) is 4.65. The zero-order chi connectivity index (χ0) is 21.0. The number of β-lactam (4-membered cyclic amide) rings is 1. The first-order valence-electron chi connectivity index (χ1n) is 9.16. The van der Waals surface area contributed by atoms with Gasteiger partial charge in [-0.25, -0.2) is 4.79 Å². The summed E-state index contributed by atoms with van der Waals surface area (Å²) in [5, 5.41) is 12.0. The van der Waals surface area contributed by atoms with Crippen molar-refractivity contribution in [1.82, 2.24) is 19.9 Å². The monoisotopic (exact) mass is 428 g/mol. The number of hydrogen-bond acceptors (Lipinski definition) is 5. The highest BCUT2D eigenvalue weighted by atomic mass is 32.2. The van der Waals surface area contributed by atoms with Gasteiger partial charge in [-0.05, 0) is 11.9 Å². The second-order valence-corrected chi connectivity index (χ2v) is 8.84.